The molecular formula is C32H43Cl2FN4O2. The summed E-state index contributed by atoms with van der Waals surface area (Å²) >= 11 is 12.6. The second-order valence-corrected chi connectivity index (χ2v) is 13.7. The maximum absolute atomic E-state index is 15.9. The van der Waals surface area contributed by atoms with Crippen molar-refractivity contribution >= 4 is 41.1 Å². The highest BCUT2D eigenvalue weighted by molar-refractivity contribution is 6.31. The quantitative estimate of drug-likeness (QED) is 0.305. The van der Waals surface area contributed by atoms with Gasteiger partial charge in [-0.2, -0.15) is 0 Å². The number of nitrogens with one attached hydrogen (secondary N) is 3. The minimum atomic E-state index is -1.29. The fourth-order valence-electron chi connectivity index (χ4n) is 6.74. The summed E-state index contributed by atoms with van der Waals surface area (Å²) < 4.78 is 15.9. The highest BCUT2D eigenvalue weighted by Gasteiger charge is 2.60. The Balaban J connectivity index is 1.80. The number of piperidine rings is 1. The second-order valence-electron chi connectivity index (χ2n) is 12.9. The molecule has 9 heteroatoms. The lowest BCUT2D eigenvalue weighted by Crippen LogP contribution is -2.47. The van der Waals surface area contributed by atoms with E-state index in [9.17, 15) is 9.59 Å². The number of carbonyl (C=O) groups is 2. The molecule has 6 nitrogen and oxygen atoms in total. The summed E-state index contributed by atoms with van der Waals surface area (Å²) in [4.78, 5) is 29.9. The first-order chi connectivity index (χ1) is 19.4. The van der Waals surface area contributed by atoms with Crippen LogP contribution in [0.2, 0.25) is 10.0 Å². The first kappa shape index (κ1) is 31.7. The average molecular weight is 606 g/mol. The normalized spacial score (nSPS) is 25.7. The first-order valence-corrected chi connectivity index (χ1v) is 15.3. The van der Waals surface area contributed by atoms with E-state index < -0.39 is 29.2 Å². The van der Waals surface area contributed by atoms with Gasteiger partial charge in [0.15, 0.2) is 0 Å². The smallest absolute Gasteiger partial charge is 0.237 e. The van der Waals surface area contributed by atoms with Crippen LogP contribution in [0.4, 0.5) is 10.1 Å². The zero-order chi connectivity index (χ0) is 29.9. The van der Waals surface area contributed by atoms with E-state index in [2.05, 4.69) is 48.7 Å². The lowest BCUT2D eigenvalue weighted by atomic mass is 9.62. The van der Waals surface area contributed by atoms with Gasteiger partial charge in [0.05, 0.1) is 16.5 Å². The van der Waals surface area contributed by atoms with Crippen LogP contribution < -0.4 is 16.0 Å². The monoisotopic (exact) mass is 604 g/mol. The van der Waals surface area contributed by atoms with Gasteiger partial charge in [0, 0.05) is 36.3 Å². The van der Waals surface area contributed by atoms with E-state index in [1.807, 2.05) is 6.07 Å². The van der Waals surface area contributed by atoms with Crippen molar-refractivity contribution < 1.29 is 14.0 Å². The molecule has 2 aliphatic heterocycles. The Morgan fingerprint density at radius 2 is 1.90 bits per heavy atom. The summed E-state index contributed by atoms with van der Waals surface area (Å²) in [6.45, 7) is 8.92. The summed E-state index contributed by atoms with van der Waals surface area (Å²) in [6.07, 6.45) is 4.56. The fraction of sp³-hybridized carbons (Fsp3) is 0.562. The van der Waals surface area contributed by atoms with Crippen molar-refractivity contribution in [1.82, 2.24) is 15.5 Å². The third kappa shape index (κ3) is 6.74. The molecule has 0 spiro atoms. The molecule has 3 N–H and O–H groups in total. The van der Waals surface area contributed by atoms with Crippen molar-refractivity contribution in [2.75, 3.05) is 39.0 Å². The molecule has 2 saturated heterocycles. The minimum absolute atomic E-state index is 0.0482. The molecule has 0 aliphatic carbocycles. The van der Waals surface area contributed by atoms with Crippen LogP contribution >= 0.6 is 23.2 Å². The molecule has 41 heavy (non-hydrogen) atoms. The van der Waals surface area contributed by atoms with Gasteiger partial charge in [-0.05, 0) is 86.5 Å². The Bertz CT molecular complexity index is 1240. The number of carbonyl (C=O) groups excluding carboxylic acids is 2. The summed E-state index contributed by atoms with van der Waals surface area (Å²) in [5.41, 5.74) is 0.0569. The molecule has 2 aliphatic rings. The Morgan fingerprint density at radius 3 is 2.54 bits per heavy atom. The molecule has 0 bridgehead atoms. The molecular weight excluding hydrogens is 562 g/mol. The second kappa shape index (κ2) is 13.0. The number of rotatable bonds is 9. The van der Waals surface area contributed by atoms with Crippen molar-refractivity contribution in [2.45, 2.75) is 69.9 Å². The van der Waals surface area contributed by atoms with Crippen molar-refractivity contribution in [1.29, 1.82) is 0 Å². The number of amides is 1. The fourth-order valence-corrected chi connectivity index (χ4v) is 7.10. The molecule has 2 fully saturated rings. The Morgan fingerprint density at radius 1 is 1.20 bits per heavy atom. The van der Waals surface area contributed by atoms with Gasteiger partial charge in [-0.15, -0.1) is 0 Å². The van der Waals surface area contributed by atoms with E-state index in [0.717, 1.165) is 38.6 Å². The van der Waals surface area contributed by atoms with E-state index in [0.29, 0.717) is 35.2 Å². The number of hydrogen-bond acceptors (Lipinski definition) is 5. The predicted octanol–water partition coefficient (Wildman–Crippen LogP) is 6.02. The van der Waals surface area contributed by atoms with E-state index in [4.69, 9.17) is 23.2 Å². The molecule has 1 amide bonds. The van der Waals surface area contributed by atoms with Crippen molar-refractivity contribution in [3.8, 4) is 0 Å². The van der Waals surface area contributed by atoms with Crippen LogP contribution in [0.5, 0.6) is 0 Å². The molecule has 4 rings (SSSR count). The van der Waals surface area contributed by atoms with Crippen LogP contribution in [0, 0.1) is 17.2 Å². The van der Waals surface area contributed by atoms with Crippen LogP contribution in [-0.4, -0.2) is 62.9 Å². The van der Waals surface area contributed by atoms with Gasteiger partial charge < -0.3 is 25.6 Å². The van der Waals surface area contributed by atoms with Gasteiger partial charge in [-0.1, -0.05) is 62.2 Å². The third-order valence-corrected chi connectivity index (χ3v) is 9.35. The molecule has 2 aromatic carbocycles. The summed E-state index contributed by atoms with van der Waals surface area (Å²) in [7, 11) is 3.89. The van der Waals surface area contributed by atoms with Crippen LogP contribution in [0.25, 0.3) is 0 Å². The van der Waals surface area contributed by atoms with E-state index in [1.54, 1.807) is 31.3 Å². The Hall–Kier alpha value is -2.19. The zero-order valence-electron chi connectivity index (χ0n) is 24.7. The van der Waals surface area contributed by atoms with Gasteiger partial charge in [-0.3, -0.25) is 4.79 Å². The number of nitrogens with zero attached hydrogens (tertiary/aromatic N) is 1. The number of halogens is 3. The first-order valence-electron chi connectivity index (χ1n) is 14.5. The van der Waals surface area contributed by atoms with Gasteiger partial charge in [0.1, 0.15) is 12.1 Å². The lowest BCUT2D eigenvalue weighted by molar-refractivity contribution is -0.123. The van der Waals surface area contributed by atoms with E-state index in [-0.39, 0.29) is 21.9 Å². The maximum atomic E-state index is 15.9. The van der Waals surface area contributed by atoms with Crippen LogP contribution in [0.15, 0.2) is 36.4 Å². The molecule has 2 heterocycles. The topological polar surface area (TPSA) is 73.5 Å². The number of aldehydes is 1. The van der Waals surface area contributed by atoms with Crippen LogP contribution in [0.1, 0.15) is 63.5 Å². The molecule has 224 valence electrons. The van der Waals surface area contributed by atoms with Crippen LogP contribution in [-0.2, 0) is 15.0 Å². The molecule has 0 saturated carbocycles. The number of benzene rings is 2. The molecule has 2 aromatic rings. The standard InChI is InChI=1S/C32H43Cl2FN4O2/c1-31(2,3)18-26-32(19-40,23-10-9-21(33)17-25(23)36-4)27(22-7-6-8-24(34)28(22)35)29(38-26)30(41)37-14-11-20-12-15-39(5)16-13-20/h6-10,17,19-20,26-27,29,36,38H,11-16,18H2,1-5H3,(H,37,41)/t26-,27+,29-,32-/m1/s1. The highest BCUT2D eigenvalue weighted by atomic mass is 35.5. The molecule has 0 unspecified atom stereocenters. The minimum Gasteiger partial charge on any atom is -0.388 e. The highest BCUT2D eigenvalue weighted by Crippen LogP contribution is 2.53. The Labute approximate surface area is 253 Å². The molecule has 0 radical (unpaired) electrons. The number of likely N-dealkylation sites (tertiary alicyclic amines) is 1. The average Bonchev–Trinajstić information content (AvgIpc) is 3.24. The summed E-state index contributed by atoms with van der Waals surface area (Å²) in [5.74, 6) is -1.17. The number of anilines is 1. The number of hydrogen-bond donors (Lipinski definition) is 3. The van der Waals surface area contributed by atoms with E-state index >= 15 is 4.39 Å². The maximum Gasteiger partial charge on any atom is 0.237 e. The Kier molecular flexibility index (Phi) is 10.1. The van der Waals surface area contributed by atoms with Gasteiger partial charge in [0.2, 0.25) is 5.91 Å². The SMILES string of the molecule is CNc1cc(Cl)ccc1[C@]1(C=O)[C@@H](CC(C)(C)C)N[C@@H](C(=O)NCCC2CCN(C)CC2)[C@@H]1c1cccc(Cl)c1F. The van der Waals surface area contributed by atoms with Crippen molar-refractivity contribution in [2.24, 2.45) is 11.3 Å². The van der Waals surface area contributed by atoms with Gasteiger partial charge in [-0.25, -0.2) is 4.39 Å². The van der Waals surface area contributed by atoms with E-state index in [1.165, 1.54) is 6.07 Å². The van der Waals surface area contributed by atoms with Gasteiger partial charge in [0.25, 0.3) is 0 Å². The van der Waals surface area contributed by atoms with Crippen molar-refractivity contribution in [3.05, 3.63) is 63.4 Å². The summed E-state index contributed by atoms with van der Waals surface area (Å²) in [5, 5.41) is 10.3. The van der Waals surface area contributed by atoms with Crippen molar-refractivity contribution in [3.63, 3.8) is 0 Å². The predicted molar refractivity (Wildman–Crippen MR) is 166 cm³/mol. The van der Waals surface area contributed by atoms with Gasteiger partial charge >= 0.3 is 0 Å². The lowest BCUT2D eigenvalue weighted by Gasteiger charge is -2.39. The van der Waals surface area contributed by atoms with Crippen LogP contribution in [0.3, 0.4) is 0 Å². The largest absolute Gasteiger partial charge is 0.388 e. The molecule has 0 aromatic heterocycles. The third-order valence-electron chi connectivity index (χ3n) is 8.82. The summed E-state index contributed by atoms with van der Waals surface area (Å²) in [6, 6.07) is 8.77. The molecule has 4 atom stereocenters. The zero-order valence-corrected chi connectivity index (χ0v) is 26.2.